The van der Waals surface area contributed by atoms with Crippen LogP contribution in [0.2, 0.25) is 0 Å². The maximum atomic E-state index is 13.4. The minimum absolute atomic E-state index is 0.0397. The number of benzene rings is 2. The molecule has 2 atom stereocenters. The fourth-order valence-electron chi connectivity index (χ4n) is 5.17. The number of hydrogen-bond acceptors (Lipinski definition) is 4. The first kappa shape index (κ1) is 22.5. The number of carbonyl (C=O) groups is 1. The van der Waals surface area contributed by atoms with Crippen molar-refractivity contribution in [2.45, 2.75) is 39.2 Å². The number of aliphatic imine (C=N–C) groups is 1. The Morgan fingerprint density at radius 3 is 2.78 bits per heavy atom. The lowest BCUT2D eigenvalue weighted by Crippen LogP contribution is -2.38. The summed E-state index contributed by atoms with van der Waals surface area (Å²) >= 11 is 0. The highest BCUT2D eigenvalue weighted by atomic mass is 16.1. The average molecular weight is 479 g/mol. The van der Waals surface area contributed by atoms with E-state index < -0.39 is 0 Å². The van der Waals surface area contributed by atoms with Crippen LogP contribution in [0.5, 0.6) is 0 Å². The third kappa shape index (κ3) is 3.94. The van der Waals surface area contributed by atoms with Crippen molar-refractivity contribution in [1.82, 2.24) is 20.1 Å². The Morgan fingerprint density at radius 1 is 1.17 bits per heavy atom. The van der Waals surface area contributed by atoms with Crippen LogP contribution in [0.3, 0.4) is 0 Å². The molecule has 1 aliphatic carbocycles. The number of aromatic nitrogens is 3. The van der Waals surface area contributed by atoms with Crippen LogP contribution in [-0.4, -0.2) is 32.9 Å². The van der Waals surface area contributed by atoms with Crippen molar-refractivity contribution in [3.8, 4) is 11.3 Å². The van der Waals surface area contributed by atoms with Gasteiger partial charge in [0.05, 0.1) is 22.9 Å². The minimum Gasteiger partial charge on any atom is -0.343 e. The lowest BCUT2D eigenvalue weighted by atomic mass is 9.99. The van der Waals surface area contributed by atoms with E-state index in [1.807, 2.05) is 61.2 Å². The molecule has 3 N–H and O–H groups in total. The van der Waals surface area contributed by atoms with E-state index in [4.69, 9.17) is 5.41 Å². The van der Waals surface area contributed by atoms with Gasteiger partial charge in [-0.15, -0.1) is 0 Å². The van der Waals surface area contributed by atoms with Crippen LogP contribution in [0.15, 0.2) is 59.2 Å². The molecule has 6 rings (SSSR count). The summed E-state index contributed by atoms with van der Waals surface area (Å²) in [6, 6.07) is 13.7. The Hall–Kier alpha value is -4.00. The lowest BCUT2D eigenvalue weighted by molar-refractivity contribution is 0.0938. The van der Waals surface area contributed by atoms with Crippen molar-refractivity contribution in [3.05, 3.63) is 70.9 Å². The molecule has 4 aromatic rings. The molecule has 2 aliphatic rings. The standard InChI is InChI=1S/C29H30N6O/c1-16-10-11-31-24(12-16)28(18-4-5-18)32-29(36)20-6-8-23-22(15-20)27(34-33-23)19-7-9-25-21(14-19)17(2)13-26(30)35(25)3/h6-9,11-16,18,28,30H,4-5,10H2,1-3H3,(H,32,36)(H,33,34). The highest BCUT2D eigenvalue weighted by Crippen LogP contribution is 2.37. The van der Waals surface area contributed by atoms with Crippen LogP contribution in [0, 0.1) is 24.2 Å². The van der Waals surface area contributed by atoms with E-state index in [-0.39, 0.29) is 11.9 Å². The lowest BCUT2D eigenvalue weighted by Gasteiger charge is -2.22. The Labute approximate surface area is 209 Å². The Bertz CT molecular complexity index is 1640. The number of fused-ring (bicyclic) bond motifs is 2. The molecule has 2 aromatic heterocycles. The van der Waals surface area contributed by atoms with Gasteiger partial charge in [0.1, 0.15) is 5.49 Å². The number of aromatic amines is 1. The Balaban J connectivity index is 1.35. The molecule has 1 aliphatic heterocycles. The molecule has 0 saturated heterocycles. The molecule has 1 fully saturated rings. The van der Waals surface area contributed by atoms with E-state index in [0.29, 0.717) is 22.9 Å². The monoisotopic (exact) mass is 478 g/mol. The second-order valence-electron chi connectivity index (χ2n) is 10.2. The fraction of sp³-hybridized carbons (Fsp3) is 0.310. The second kappa shape index (κ2) is 8.59. The molecule has 182 valence electrons. The van der Waals surface area contributed by atoms with Crippen molar-refractivity contribution >= 4 is 33.9 Å². The number of hydrogen-bond donors (Lipinski definition) is 3. The van der Waals surface area contributed by atoms with Gasteiger partial charge in [0.25, 0.3) is 5.91 Å². The van der Waals surface area contributed by atoms with Crippen molar-refractivity contribution in [2.24, 2.45) is 23.9 Å². The SMILES string of the molecule is Cc1cc(=N)n(C)c2ccc(-c3n[nH]c4ccc(C(=O)NC(C5=CC(C)CC=N5)C5CC5)cc34)cc12. The molecule has 36 heavy (non-hydrogen) atoms. The van der Waals surface area contributed by atoms with E-state index in [9.17, 15) is 4.79 Å². The molecule has 0 spiro atoms. The number of amides is 1. The van der Waals surface area contributed by atoms with Gasteiger partial charge in [-0.05, 0) is 80.0 Å². The minimum atomic E-state index is -0.0837. The summed E-state index contributed by atoms with van der Waals surface area (Å²) in [5.74, 6) is 0.822. The first-order chi connectivity index (χ1) is 17.4. The second-order valence-corrected chi connectivity index (χ2v) is 10.2. The zero-order valence-electron chi connectivity index (χ0n) is 20.8. The normalized spacial score (nSPS) is 18.4. The highest BCUT2D eigenvalue weighted by Gasteiger charge is 2.35. The molecule has 3 heterocycles. The molecule has 1 amide bonds. The van der Waals surface area contributed by atoms with Gasteiger partial charge in [0.15, 0.2) is 0 Å². The maximum absolute atomic E-state index is 13.4. The van der Waals surface area contributed by atoms with Crippen molar-refractivity contribution in [1.29, 1.82) is 5.41 Å². The summed E-state index contributed by atoms with van der Waals surface area (Å²) in [6.45, 7) is 4.21. The fourth-order valence-corrected chi connectivity index (χ4v) is 5.17. The first-order valence-electron chi connectivity index (χ1n) is 12.6. The maximum Gasteiger partial charge on any atom is 0.251 e. The van der Waals surface area contributed by atoms with Crippen LogP contribution in [-0.2, 0) is 7.05 Å². The molecular formula is C29H30N6O. The van der Waals surface area contributed by atoms with Crippen LogP contribution >= 0.6 is 0 Å². The summed E-state index contributed by atoms with van der Waals surface area (Å²) in [4.78, 5) is 18.0. The molecule has 2 unspecified atom stereocenters. The van der Waals surface area contributed by atoms with Gasteiger partial charge in [-0.25, -0.2) is 0 Å². The van der Waals surface area contributed by atoms with E-state index in [0.717, 1.165) is 63.6 Å². The predicted octanol–water partition coefficient (Wildman–Crippen LogP) is 5.01. The van der Waals surface area contributed by atoms with Crippen LogP contribution in [0.25, 0.3) is 33.1 Å². The summed E-state index contributed by atoms with van der Waals surface area (Å²) < 4.78 is 1.88. The first-order valence-corrected chi connectivity index (χ1v) is 12.6. The van der Waals surface area contributed by atoms with Gasteiger partial charge < -0.3 is 9.88 Å². The number of nitrogens with zero attached hydrogens (tertiary/aromatic N) is 3. The van der Waals surface area contributed by atoms with Crippen LogP contribution in [0.4, 0.5) is 0 Å². The number of nitrogens with one attached hydrogen (secondary N) is 3. The quantitative estimate of drug-likeness (QED) is 0.376. The summed E-state index contributed by atoms with van der Waals surface area (Å²) in [6.07, 6.45) is 7.37. The van der Waals surface area contributed by atoms with Crippen molar-refractivity contribution < 1.29 is 4.79 Å². The molecule has 1 saturated carbocycles. The van der Waals surface area contributed by atoms with Crippen molar-refractivity contribution in [2.75, 3.05) is 0 Å². The third-order valence-electron chi connectivity index (χ3n) is 7.47. The zero-order valence-corrected chi connectivity index (χ0v) is 20.8. The van der Waals surface area contributed by atoms with Gasteiger partial charge in [-0.1, -0.05) is 19.1 Å². The molecule has 7 nitrogen and oxygen atoms in total. The largest absolute Gasteiger partial charge is 0.343 e. The van der Waals surface area contributed by atoms with Crippen LogP contribution < -0.4 is 10.8 Å². The number of H-pyrrole nitrogens is 1. The van der Waals surface area contributed by atoms with Crippen molar-refractivity contribution in [3.63, 3.8) is 0 Å². The summed E-state index contributed by atoms with van der Waals surface area (Å²) in [7, 11) is 1.91. The van der Waals surface area contributed by atoms with E-state index in [2.05, 4.69) is 39.6 Å². The summed E-state index contributed by atoms with van der Waals surface area (Å²) in [5, 5.41) is 21.1. The molecule has 0 radical (unpaired) electrons. The number of carbonyl (C=O) groups excluding carboxylic acids is 1. The topological polar surface area (TPSA) is 98.9 Å². The van der Waals surface area contributed by atoms with Gasteiger partial charge in [-0.3, -0.25) is 20.3 Å². The number of aryl methyl sites for hydroxylation is 2. The van der Waals surface area contributed by atoms with Gasteiger partial charge in [0.2, 0.25) is 0 Å². The molecule has 2 aromatic carbocycles. The van der Waals surface area contributed by atoms with E-state index in [1.54, 1.807) is 0 Å². The Kier molecular flexibility index (Phi) is 5.36. The van der Waals surface area contributed by atoms with Gasteiger partial charge in [0, 0.05) is 40.7 Å². The van der Waals surface area contributed by atoms with Gasteiger partial charge in [-0.2, -0.15) is 5.10 Å². The highest BCUT2D eigenvalue weighted by molar-refractivity contribution is 6.02. The predicted molar refractivity (Wildman–Crippen MR) is 143 cm³/mol. The number of rotatable bonds is 5. The van der Waals surface area contributed by atoms with E-state index >= 15 is 0 Å². The molecule has 0 bridgehead atoms. The van der Waals surface area contributed by atoms with Gasteiger partial charge >= 0.3 is 0 Å². The number of pyridine rings is 1. The number of allylic oxidation sites excluding steroid dienone is 1. The molecular weight excluding hydrogens is 448 g/mol. The third-order valence-corrected chi connectivity index (χ3v) is 7.47. The average Bonchev–Trinajstić information content (AvgIpc) is 3.63. The summed E-state index contributed by atoms with van der Waals surface area (Å²) in [5.41, 5.74) is 6.81. The van der Waals surface area contributed by atoms with E-state index in [1.165, 1.54) is 0 Å². The zero-order chi connectivity index (χ0) is 25.0. The van der Waals surface area contributed by atoms with Crippen LogP contribution in [0.1, 0.15) is 42.1 Å². The molecule has 7 heteroatoms. The Morgan fingerprint density at radius 2 is 2.00 bits per heavy atom. The smallest absolute Gasteiger partial charge is 0.251 e.